The molecule has 2 aliphatic rings. The lowest BCUT2D eigenvalue weighted by atomic mass is 10.2. The number of sulfonamides is 2. The maximum atomic E-state index is 12.1. The van der Waals surface area contributed by atoms with Gasteiger partial charge in [0.2, 0.25) is 5.76 Å². The van der Waals surface area contributed by atoms with Gasteiger partial charge in [-0.1, -0.05) is 72.3 Å². The summed E-state index contributed by atoms with van der Waals surface area (Å²) >= 11 is 5.83. The molecule has 1 N–H and O–H groups in total. The number of likely N-dealkylation sites (N-methyl/N-ethyl adjacent to an activating group) is 2. The number of aliphatic hydroxyl groups is 1. The van der Waals surface area contributed by atoms with Gasteiger partial charge >= 0.3 is 5.91 Å². The highest BCUT2D eigenvalue weighted by Gasteiger charge is 2.44. The van der Waals surface area contributed by atoms with Gasteiger partial charge in [-0.15, -0.1) is 0 Å². The first kappa shape index (κ1) is 25.5. The van der Waals surface area contributed by atoms with Crippen molar-refractivity contribution in [3.8, 4) is 0 Å². The molecule has 0 saturated heterocycles. The highest BCUT2D eigenvalue weighted by molar-refractivity contribution is 8.00. The van der Waals surface area contributed by atoms with Crippen LogP contribution in [0, 0.1) is 0 Å². The van der Waals surface area contributed by atoms with Gasteiger partial charge in [0, 0.05) is 13.1 Å². The van der Waals surface area contributed by atoms with Gasteiger partial charge in [0.05, 0.1) is 0 Å². The quantitative estimate of drug-likeness (QED) is 0.651. The Kier molecular flexibility index (Phi) is 7.20. The van der Waals surface area contributed by atoms with E-state index >= 15 is 0 Å². The van der Waals surface area contributed by atoms with Crippen LogP contribution < -0.4 is 0 Å². The second-order valence-electron chi connectivity index (χ2n) is 7.00. The predicted molar refractivity (Wildman–Crippen MR) is 128 cm³/mol. The first-order chi connectivity index (χ1) is 16.0. The summed E-state index contributed by atoms with van der Waals surface area (Å²) < 4.78 is 49.7. The summed E-state index contributed by atoms with van der Waals surface area (Å²) in [4.78, 5) is 22.8. The van der Waals surface area contributed by atoms with Crippen molar-refractivity contribution in [2.45, 2.75) is 13.8 Å². The molecule has 0 aromatic heterocycles. The lowest BCUT2D eigenvalue weighted by Gasteiger charge is -2.13. The van der Waals surface area contributed by atoms with Gasteiger partial charge in [-0.25, -0.2) is 25.4 Å². The van der Waals surface area contributed by atoms with Crippen molar-refractivity contribution >= 4 is 53.3 Å². The van der Waals surface area contributed by atoms with E-state index in [4.69, 9.17) is 11.6 Å². The Morgan fingerprint density at radius 1 is 0.706 bits per heavy atom. The molecular weight excluding hydrogens is 504 g/mol. The fourth-order valence-corrected chi connectivity index (χ4v) is 7.27. The molecule has 0 aliphatic carbocycles. The molecule has 0 unspecified atom stereocenters. The minimum Gasteiger partial charge on any atom is -0.502 e. The van der Waals surface area contributed by atoms with Crippen molar-refractivity contribution in [3.05, 3.63) is 82.6 Å². The van der Waals surface area contributed by atoms with Crippen molar-refractivity contribution < 1.29 is 31.5 Å². The van der Waals surface area contributed by atoms with Gasteiger partial charge in [0.15, 0.2) is 0 Å². The molecule has 180 valence electrons. The van der Waals surface area contributed by atoms with E-state index in [0.717, 1.165) is 4.31 Å². The lowest BCUT2D eigenvalue weighted by Crippen LogP contribution is -2.31. The zero-order valence-electron chi connectivity index (χ0n) is 18.2. The number of halogens is 1. The largest absolute Gasteiger partial charge is 0.502 e. The summed E-state index contributed by atoms with van der Waals surface area (Å²) in [6.45, 7) is 3.21. The normalized spacial score (nSPS) is 18.9. The molecule has 2 amide bonds. The zero-order valence-corrected chi connectivity index (χ0v) is 20.6. The topological polar surface area (TPSA) is 129 Å². The third kappa shape index (κ3) is 4.22. The van der Waals surface area contributed by atoms with Crippen LogP contribution in [-0.4, -0.2) is 55.5 Å². The van der Waals surface area contributed by atoms with Gasteiger partial charge < -0.3 is 5.11 Å². The molecule has 34 heavy (non-hydrogen) atoms. The van der Waals surface area contributed by atoms with E-state index in [1.54, 1.807) is 55.5 Å². The smallest absolute Gasteiger partial charge is 0.303 e. The fraction of sp³-hybridized carbons (Fsp3) is 0.182. The Morgan fingerprint density at radius 2 is 1.09 bits per heavy atom. The van der Waals surface area contributed by atoms with Crippen LogP contribution in [0.1, 0.15) is 25.0 Å². The van der Waals surface area contributed by atoms with E-state index < -0.39 is 37.6 Å². The van der Waals surface area contributed by atoms with Gasteiger partial charge in [0.1, 0.15) is 14.8 Å². The molecule has 4 rings (SSSR count). The summed E-state index contributed by atoms with van der Waals surface area (Å²) in [5, 5.41) is 9.42. The molecule has 0 radical (unpaired) electrons. The molecule has 2 aliphatic heterocycles. The summed E-state index contributed by atoms with van der Waals surface area (Å²) in [5.41, 5.74) is 0.746. The zero-order chi connectivity index (χ0) is 25.3. The van der Waals surface area contributed by atoms with E-state index in [2.05, 4.69) is 0 Å². The standard InChI is InChI=1S/C11H10ClNO3S.C11H11NO4S/c1-2-13-11(14)9(12)10(17(13,15)16)8-6-4-3-5-7-8;1-2-12-11(14)9(13)10(17(12,15)16)8-6-4-3-5-7-8/h3-7H,2H2,1H3;3-7,13H,2H2,1H3. The monoisotopic (exact) mass is 524 g/mol. The SMILES string of the molecule is CCN1C(=O)C(Cl)=C(c2ccccc2)S1(=O)=O.CCN1C(=O)C(O)=C(c2ccccc2)S1(=O)=O. The maximum Gasteiger partial charge on any atom is 0.303 e. The predicted octanol–water partition coefficient (Wildman–Crippen LogP) is 2.89. The number of amides is 2. The first-order valence-corrected chi connectivity index (χ1v) is 13.3. The van der Waals surface area contributed by atoms with Crippen LogP contribution in [0.2, 0.25) is 0 Å². The Bertz CT molecular complexity index is 1290. The summed E-state index contributed by atoms with van der Waals surface area (Å²) in [5.74, 6) is -2.24. The summed E-state index contributed by atoms with van der Waals surface area (Å²) in [6, 6.07) is 16.5. The minimum absolute atomic E-state index is 0.00155. The van der Waals surface area contributed by atoms with Crippen LogP contribution in [-0.2, 0) is 29.6 Å². The van der Waals surface area contributed by atoms with Crippen molar-refractivity contribution in [2.75, 3.05) is 13.1 Å². The Hall–Kier alpha value is -3.15. The molecule has 0 saturated carbocycles. The summed E-state index contributed by atoms with van der Waals surface area (Å²) in [6.07, 6.45) is 0. The fourth-order valence-electron chi connectivity index (χ4n) is 3.46. The maximum absolute atomic E-state index is 12.1. The second-order valence-corrected chi connectivity index (χ2v) is 11.0. The van der Waals surface area contributed by atoms with Crippen LogP contribution in [0.3, 0.4) is 0 Å². The number of carbonyl (C=O) groups is 2. The highest BCUT2D eigenvalue weighted by atomic mass is 35.5. The third-order valence-corrected chi connectivity index (χ3v) is 9.37. The molecule has 2 heterocycles. The highest BCUT2D eigenvalue weighted by Crippen LogP contribution is 2.37. The number of hydrogen-bond acceptors (Lipinski definition) is 7. The first-order valence-electron chi connectivity index (χ1n) is 10.1. The van der Waals surface area contributed by atoms with Gasteiger partial charge in [0.25, 0.3) is 26.0 Å². The number of carbonyl (C=O) groups excluding carboxylic acids is 2. The van der Waals surface area contributed by atoms with E-state index in [-0.39, 0.29) is 27.9 Å². The second kappa shape index (κ2) is 9.61. The number of benzene rings is 2. The van der Waals surface area contributed by atoms with Crippen molar-refractivity contribution in [2.24, 2.45) is 0 Å². The van der Waals surface area contributed by atoms with Gasteiger partial charge in [-0.2, -0.15) is 0 Å². The van der Waals surface area contributed by atoms with Crippen molar-refractivity contribution in [3.63, 3.8) is 0 Å². The van der Waals surface area contributed by atoms with Gasteiger partial charge in [-0.3, -0.25) is 9.59 Å². The molecule has 0 spiro atoms. The average molecular weight is 525 g/mol. The van der Waals surface area contributed by atoms with E-state index in [0.29, 0.717) is 15.4 Å². The van der Waals surface area contributed by atoms with Crippen LogP contribution in [0.25, 0.3) is 9.81 Å². The molecule has 0 fully saturated rings. The van der Waals surface area contributed by atoms with E-state index in [9.17, 15) is 31.5 Å². The lowest BCUT2D eigenvalue weighted by molar-refractivity contribution is -0.124. The third-order valence-electron chi connectivity index (χ3n) is 5.00. The van der Waals surface area contributed by atoms with Crippen LogP contribution in [0.15, 0.2) is 71.5 Å². The molecule has 12 heteroatoms. The molecule has 0 atom stereocenters. The number of nitrogens with zero attached hydrogens (tertiary/aromatic N) is 2. The Balaban J connectivity index is 0.000000191. The Morgan fingerprint density at radius 3 is 1.47 bits per heavy atom. The van der Waals surface area contributed by atoms with Crippen LogP contribution in [0.5, 0.6) is 0 Å². The average Bonchev–Trinajstić information content (AvgIpc) is 3.09. The van der Waals surface area contributed by atoms with Crippen LogP contribution in [0.4, 0.5) is 0 Å². The number of hydrogen-bond donors (Lipinski definition) is 1. The minimum atomic E-state index is -3.92. The van der Waals surface area contributed by atoms with E-state index in [1.165, 1.54) is 19.1 Å². The van der Waals surface area contributed by atoms with Gasteiger partial charge in [-0.05, 0) is 25.0 Å². The molecule has 2 aromatic carbocycles. The summed E-state index contributed by atoms with van der Waals surface area (Å²) in [7, 11) is -7.71. The Labute approximate surface area is 202 Å². The number of rotatable bonds is 4. The van der Waals surface area contributed by atoms with E-state index in [1.807, 2.05) is 0 Å². The molecule has 9 nitrogen and oxygen atoms in total. The number of aliphatic hydroxyl groups excluding tert-OH is 1. The van der Waals surface area contributed by atoms with Crippen LogP contribution >= 0.6 is 11.6 Å². The molecule has 0 bridgehead atoms. The van der Waals surface area contributed by atoms with Crippen molar-refractivity contribution in [1.29, 1.82) is 0 Å². The van der Waals surface area contributed by atoms with Crippen molar-refractivity contribution in [1.82, 2.24) is 8.61 Å². The molecular formula is C22H21ClN2O7S2. The molecule has 2 aromatic rings.